The summed E-state index contributed by atoms with van der Waals surface area (Å²) in [5.41, 5.74) is 1.47. The normalized spacial score (nSPS) is 13.0. The second-order valence-corrected chi connectivity index (χ2v) is 7.65. The van der Waals surface area contributed by atoms with Crippen LogP contribution in [0.25, 0.3) is 0 Å². The maximum atomic E-state index is 12.5. The lowest BCUT2D eigenvalue weighted by Gasteiger charge is -2.24. The van der Waals surface area contributed by atoms with E-state index in [9.17, 15) is 9.59 Å². The van der Waals surface area contributed by atoms with Gasteiger partial charge in [-0.25, -0.2) is 9.78 Å². The van der Waals surface area contributed by atoms with Crippen molar-refractivity contribution in [1.29, 1.82) is 0 Å². The Morgan fingerprint density at radius 3 is 2.75 bits per heavy atom. The molecule has 0 saturated carbocycles. The van der Waals surface area contributed by atoms with Gasteiger partial charge < -0.3 is 14.4 Å². The minimum atomic E-state index is -0.346. The summed E-state index contributed by atoms with van der Waals surface area (Å²) in [6.07, 6.45) is 3.64. The molecule has 0 fully saturated rings. The highest BCUT2D eigenvalue weighted by Crippen LogP contribution is 2.29. The van der Waals surface area contributed by atoms with Gasteiger partial charge in [0.05, 0.1) is 26.0 Å². The summed E-state index contributed by atoms with van der Waals surface area (Å²) >= 11 is 1.39. The molecule has 0 spiro atoms. The predicted molar refractivity (Wildman–Crippen MR) is 108 cm³/mol. The van der Waals surface area contributed by atoms with Crippen LogP contribution in [0.5, 0.6) is 5.75 Å². The van der Waals surface area contributed by atoms with Crippen molar-refractivity contribution in [3.63, 3.8) is 0 Å². The van der Waals surface area contributed by atoms with Gasteiger partial charge in [0.2, 0.25) is 0 Å². The molecule has 1 aliphatic rings. The van der Waals surface area contributed by atoms with Gasteiger partial charge in [-0.1, -0.05) is 31.1 Å². The van der Waals surface area contributed by atoms with E-state index in [4.69, 9.17) is 9.47 Å². The molecule has 1 aromatic heterocycles. The standard InChI is InChI=1S/C20H25N3O4S/c1-3-4-5-12-27-15-8-6-14(7-9-15)18(24)22-19-21-16-10-11-23(20(25)26-2)13-17(16)28-19/h6-9H,3-5,10-13H2,1-2H3,(H,21,22,24). The summed E-state index contributed by atoms with van der Waals surface area (Å²) < 4.78 is 10.4. The van der Waals surface area contributed by atoms with Crippen LogP contribution in [0.4, 0.5) is 9.93 Å². The van der Waals surface area contributed by atoms with E-state index >= 15 is 0 Å². The molecule has 150 valence electrons. The second-order valence-electron chi connectivity index (χ2n) is 6.56. The first-order chi connectivity index (χ1) is 13.6. The molecule has 8 heteroatoms. The number of unbranched alkanes of at least 4 members (excludes halogenated alkanes) is 2. The molecule has 2 amide bonds. The van der Waals surface area contributed by atoms with E-state index in [2.05, 4.69) is 17.2 Å². The number of hydrogen-bond donors (Lipinski definition) is 1. The van der Waals surface area contributed by atoms with Gasteiger partial charge >= 0.3 is 6.09 Å². The van der Waals surface area contributed by atoms with Crippen LogP contribution < -0.4 is 10.1 Å². The molecule has 1 N–H and O–H groups in total. The molecule has 1 aliphatic heterocycles. The summed E-state index contributed by atoms with van der Waals surface area (Å²) in [7, 11) is 1.37. The number of carbonyl (C=O) groups is 2. The molecule has 7 nitrogen and oxygen atoms in total. The van der Waals surface area contributed by atoms with Crippen LogP contribution in [-0.4, -0.2) is 42.1 Å². The number of aromatic nitrogens is 1. The zero-order chi connectivity index (χ0) is 19.9. The van der Waals surface area contributed by atoms with Crippen molar-refractivity contribution in [2.75, 3.05) is 25.6 Å². The monoisotopic (exact) mass is 403 g/mol. The van der Waals surface area contributed by atoms with Gasteiger partial charge in [-0.15, -0.1) is 0 Å². The third-order valence-corrected chi connectivity index (χ3v) is 5.52. The quantitative estimate of drug-likeness (QED) is 0.704. The lowest BCUT2D eigenvalue weighted by Crippen LogP contribution is -2.35. The summed E-state index contributed by atoms with van der Waals surface area (Å²) in [4.78, 5) is 31.3. The average molecular weight is 404 g/mol. The van der Waals surface area contributed by atoms with E-state index in [0.717, 1.165) is 35.6 Å². The van der Waals surface area contributed by atoms with Crippen LogP contribution in [0.3, 0.4) is 0 Å². The number of nitrogens with one attached hydrogen (secondary N) is 1. The highest BCUT2D eigenvalue weighted by molar-refractivity contribution is 7.15. The maximum absolute atomic E-state index is 12.5. The van der Waals surface area contributed by atoms with Gasteiger partial charge in [0.15, 0.2) is 5.13 Å². The van der Waals surface area contributed by atoms with Gasteiger partial charge in [-0.2, -0.15) is 0 Å². The zero-order valence-corrected chi connectivity index (χ0v) is 17.0. The Hall–Kier alpha value is -2.61. The SMILES string of the molecule is CCCCCOc1ccc(C(=O)Nc2nc3c(s2)CN(C(=O)OC)CC3)cc1. The van der Waals surface area contributed by atoms with E-state index in [0.29, 0.717) is 36.8 Å². The van der Waals surface area contributed by atoms with Gasteiger partial charge in [-0.05, 0) is 30.7 Å². The van der Waals surface area contributed by atoms with Gasteiger partial charge in [0.1, 0.15) is 5.75 Å². The maximum Gasteiger partial charge on any atom is 0.409 e. The summed E-state index contributed by atoms with van der Waals surface area (Å²) in [6.45, 7) is 3.87. The van der Waals surface area contributed by atoms with Crippen LogP contribution >= 0.6 is 11.3 Å². The van der Waals surface area contributed by atoms with Crippen molar-refractivity contribution in [3.8, 4) is 5.75 Å². The number of rotatable bonds is 7. The predicted octanol–water partition coefficient (Wildman–Crippen LogP) is 4.09. The third kappa shape index (κ3) is 5.01. The van der Waals surface area contributed by atoms with E-state index in [1.54, 1.807) is 17.0 Å². The summed E-state index contributed by atoms with van der Waals surface area (Å²) in [5.74, 6) is 0.550. The molecule has 2 heterocycles. The molecule has 0 aliphatic carbocycles. The summed E-state index contributed by atoms with van der Waals surface area (Å²) in [6, 6.07) is 7.11. The van der Waals surface area contributed by atoms with Gasteiger partial charge in [0.25, 0.3) is 5.91 Å². The number of ether oxygens (including phenoxy) is 2. The van der Waals surface area contributed by atoms with E-state index in [1.165, 1.54) is 18.4 Å². The first-order valence-corrected chi connectivity index (χ1v) is 10.3. The van der Waals surface area contributed by atoms with Crippen LogP contribution in [0.15, 0.2) is 24.3 Å². The van der Waals surface area contributed by atoms with Crippen molar-refractivity contribution in [3.05, 3.63) is 40.4 Å². The zero-order valence-electron chi connectivity index (χ0n) is 16.2. The number of benzene rings is 1. The highest BCUT2D eigenvalue weighted by atomic mass is 32.1. The Morgan fingerprint density at radius 2 is 2.04 bits per heavy atom. The summed E-state index contributed by atoms with van der Waals surface area (Å²) in [5, 5.41) is 3.39. The Labute approximate surface area is 168 Å². The minimum absolute atomic E-state index is 0.214. The Balaban J connectivity index is 1.57. The Kier molecular flexibility index (Phi) is 6.86. The van der Waals surface area contributed by atoms with E-state index in [-0.39, 0.29) is 12.0 Å². The minimum Gasteiger partial charge on any atom is -0.494 e. The number of anilines is 1. The first kappa shape index (κ1) is 20.1. The van der Waals surface area contributed by atoms with E-state index in [1.807, 2.05) is 12.1 Å². The fourth-order valence-corrected chi connectivity index (χ4v) is 3.97. The lowest BCUT2D eigenvalue weighted by molar-refractivity contribution is 0.102. The molecule has 0 atom stereocenters. The second kappa shape index (κ2) is 9.54. The first-order valence-electron chi connectivity index (χ1n) is 9.46. The molecule has 0 unspecified atom stereocenters. The van der Waals surface area contributed by atoms with Gasteiger partial charge in [0, 0.05) is 23.4 Å². The lowest BCUT2D eigenvalue weighted by atomic mass is 10.2. The molecule has 2 aromatic rings. The Morgan fingerprint density at radius 1 is 1.25 bits per heavy atom. The largest absolute Gasteiger partial charge is 0.494 e. The molecule has 0 bridgehead atoms. The Bertz CT molecular complexity index is 819. The van der Waals surface area contributed by atoms with Crippen LogP contribution in [0, 0.1) is 0 Å². The molecule has 0 radical (unpaired) electrons. The molecule has 3 rings (SSSR count). The molecule has 1 aromatic carbocycles. The average Bonchev–Trinajstić information content (AvgIpc) is 3.12. The van der Waals surface area contributed by atoms with Crippen LogP contribution in [0.1, 0.15) is 47.1 Å². The van der Waals surface area contributed by atoms with Crippen molar-refractivity contribution in [2.45, 2.75) is 39.2 Å². The number of nitrogens with zero attached hydrogens (tertiary/aromatic N) is 2. The topological polar surface area (TPSA) is 80.8 Å². The fourth-order valence-electron chi connectivity index (χ4n) is 2.95. The fraction of sp³-hybridized carbons (Fsp3) is 0.450. The number of thiazole rings is 1. The number of fused-ring (bicyclic) bond motifs is 1. The number of hydrogen-bond acceptors (Lipinski definition) is 6. The molecular weight excluding hydrogens is 378 g/mol. The number of methoxy groups -OCH3 is 1. The van der Waals surface area contributed by atoms with Crippen molar-refractivity contribution < 1.29 is 19.1 Å². The number of carbonyl (C=O) groups excluding carboxylic acids is 2. The number of amides is 2. The van der Waals surface area contributed by atoms with E-state index < -0.39 is 0 Å². The molecule has 0 saturated heterocycles. The van der Waals surface area contributed by atoms with Crippen molar-refractivity contribution >= 4 is 28.5 Å². The van der Waals surface area contributed by atoms with Crippen LogP contribution in [0.2, 0.25) is 0 Å². The molecule has 28 heavy (non-hydrogen) atoms. The smallest absolute Gasteiger partial charge is 0.409 e. The van der Waals surface area contributed by atoms with Crippen molar-refractivity contribution in [2.24, 2.45) is 0 Å². The third-order valence-electron chi connectivity index (χ3n) is 4.52. The highest BCUT2D eigenvalue weighted by Gasteiger charge is 2.25. The van der Waals surface area contributed by atoms with Gasteiger partial charge in [-0.3, -0.25) is 10.1 Å². The van der Waals surface area contributed by atoms with Crippen molar-refractivity contribution in [1.82, 2.24) is 9.88 Å². The molecular formula is C20H25N3O4S. The van der Waals surface area contributed by atoms with Crippen LogP contribution in [-0.2, 0) is 17.7 Å².